The summed E-state index contributed by atoms with van der Waals surface area (Å²) in [6.07, 6.45) is -3.95. The monoisotopic (exact) mass is 1010 g/mol. The van der Waals surface area contributed by atoms with Crippen LogP contribution in [0, 0.1) is 11.8 Å². The largest absolute Gasteiger partial charge is 0.508 e. The third-order valence-electron chi connectivity index (χ3n) is 11.6. The molecule has 388 valence electrons. The van der Waals surface area contributed by atoms with Crippen LogP contribution in [0.2, 0.25) is 0 Å². The molecule has 70 heavy (non-hydrogen) atoms. The minimum Gasteiger partial charge on any atom is -0.508 e. The molecule has 0 aromatic heterocycles. The van der Waals surface area contributed by atoms with E-state index in [0.29, 0.717) is 12.0 Å². The number of benzene rings is 1. The second-order valence-electron chi connectivity index (χ2n) is 17.9. The molecule has 1 aromatic rings. The molecule has 15 N–H and O–H groups in total. The summed E-state index contributed by atoms with van der Waals surface area (Å²) in [6, 6.07) is -4.74. The van der Waals surface area contributed by atoms with Gasteiger partial charge < -0.3 is 69.5 Å². The van der Waals surface area contributed by atoms with E-state index in [1.165, 1.54) is 24.3 Å². The Morgan fingerprint density at radius 2 is 1.44 bits per heavy atom. The lowest BCUT2D eigenvalue weighted by atomic mass is 9.96. The standard InChI is InChI=1S/C44H67N11O14S/c1-5-23(4)37-43(67)50-27(10-11-33(45)58)39(63)52-31(19-34(46)59)40(64)51-28(12-14-70(69)15-13-36(61)49-30(41(65)54-37)17-24-6-8-25(56)9-7-24)44(68)55-21-26(57)18-32(55)42(66)53-29(16-22(2)3)38(62)48-20-35(47)60/h6-9,22-23,26-32,37,56-57H,5,10-21H2,1-4H3,(H2,45,58)(H2,46,59)(H2,47,60)(H,48,62)(H,49,61)(H,50,67)(H,51,64)(H,52,63)(H,53,66)(H,54,65)/t23-,26+,27-,28-,29-,30-,31-,32-,37-,70?/m0/s1. The highest BCUT2D eigenvalue weighted by molar-refractivity contribution is 7.85. The first kappa shape index (κ1) is 57.6. The summed E-state index contributed by atoms with van der Waals surface area (Å²) in [5, 5.41) is 38.0. The highest BCUT2D eigenvalue weighted by atomic mass is 32.2. The Morgan fingerprint density at radius 3 is 2.04 bits per heavy atom. The number of nitrogens with zero attached hydrogens (tertiary/aromatic N) is 1. The van der Waals surface area contributed by atoms with Crippen LogP contribution in [0.4, 0.5) is 0 Å². The number of primary amides is 3. The Labute approximate surface area is 407 Å². The molecule has 25 nitrogen and oxygen atoms in total. The van der Waals surface area contributed by atoms with Crippen LogP contribution in [0.25, 0.3) is 0 Å². The quantitative estimate of drug-likeness (QED) is 0.0697. The summed E-state index contributed by atoms with van der Waals surface area (Å²) in [7, 11) is -1.91. The fraction of sp³-hybridized carbons (Fsp3) is 0.614. The van der Waals surface area contributed by atoms with E-state index in [4.69, 9.17) is 17.2 Å². The number of carbonyl (C=O) groups is 11. The average Bonchev–Trinajstić information content (AvgIpc) is 3.69. The Bertz CT molecular complexity index is 2130. The fourth-order valence-electron chi connectivity index (χ4n) is 7.66. The number of nitrogens with one attached hydrogen (secondary N) is 7. The summed E-state index contributed by atoms with van der Waals surface area (Å²) < 4.78 is 13.5. The number of likely N-dealkylation sites (tertiary alicyclic amines) is 1. The summed E-state index contributed by atoms with van der Waals surface area (Å²) in [4.78, 5) is 148. The summed E-state index contributed by atoms with van der Waals surface area (Å²) >= 11 is 0. The molecule has 2 aliphatic heterocycles. The van der Waals surface area contributed by atoms with Crippen molar-refractivity contribution in [2.45, 2.75) is 134 Å². The molecule has 0 saturated carbocycles. The SMILES string of the molecule is CC[C@H](C)[C@@H]1NC(=O)[C@H](Cc2ccc(O)cc2)NC(=O)CCS(=O)CC[C@@H](C(=O)N2C[C@H](O)C[C@H]2C(=O)N[C@@H](CC(C)C)C(=O)NCC(N)=O)NC(=O)[C@H](CC(N)=O)NC(=O)[C@H](CCC(N)=O)NC1=O. The minimum absolute atomic E-state index is 0.0666. The van der Waals surface area contributed by atoms with E-state index in [0.717, 1.165) is 4.90 Å². The molecular weight excluding hydrogens is 939 g/mol. The van der Waals surface area contributed by atoms with Crippen LogP contribution in [-0.4, -0.2) is 157 Å². The molecule has 11 amide bonds. The normalized spacial score (nSPS) is 25.2. The molecule has 0 aliphatic carbocycles. The molecule has 1 aromatic carbocycles. The lowest BCUT2D eigenvalue weighted by Gasteiger charge is -2.31. The lowest BCUT2D eigenvalue weighted by molar-refractivity contribution is -0.143. The number of phenols is 1. The average molecular weight is 1010 g/mol. The van der Waals surface area contributed by atoms with Crippen molar-refractivity contribution in [1.82, 2.24) is 42.1 Å². The predicted octanol–water partition coefficient (Wildman–Crippen LogP) is -4.82. The number of hydrogen-bond acceptors (Lipinski definition) is 14. The maximum absolute atomic E-state index is 14.5. The van der Waals surface area contributed by atoms with Gasteiger partial charge in [0.1, 0.15) is 48.0 Å². The van der Waals surface area contributed by atoms with Gasteiger partial charge in [0.2, 0.25) is 65.0 Å². The molecule has 26 heteroatoms. The van der Waals surface area contributed by atoms with E-state index < -0.39 is 175 Å². The van der Waals surface area contributed by atoms with Gasteiger partial charge in [-0.2, -0.15) is 0 Å². The van der Waals surface area contributed by atoms with Gasteiger partial charge in [0, 0.05) is 54.5 Å². The minimum atomic E-state index is -1.91. The number of hydrogen-bond donors (Lipinski definition) is 12. The molecular formula is C44H67N11O14S. The lowest BCUT2D eigenvalue weighted by Crippen LogP contribution is -2.61. The number of nitrogens with two attached hydrogens (primary N) is 3. The second-order valence-corrected chi connectivity index (χ2v) is 19.6. The third kappa shape index (κ3) is 18.7. The van der Waals surface area contributed by atoms with Gasteiger partial charge in [0.25, 0.3) is 0 Å². The zero-order valence-corrected chi connectivity index (χ0v) is 40.5. The molecule has 0 bridgehead atoms. The van der Waals surface area contributed by atoms with Crippen molar-refractivity contribution < 1.29 is 67.2 Å². The van der Waals surface area contributed by atoms with E-state index in [9.17, 15) is 67.2 Å². The van der Waals surface area contributed by atoms with Crippen molar-refractivity contribution >= 4 is 75.8 Å². The predicted molar refractivity (Wildman–Crippen MR) is 250 cm³/mol. The van der Waals surface area contributed by atoms with Gasteiger partial charge >= 0.3 is 0 Å². The number of phenolic OH excluding ortho intramolecular Hbond substituents is 1. The maximum atomic E-state index is 14.5. The summed E-state index contributed by atoms with van der Waals surface area (Å²) in [6.45, 7) is 5.90. The zero-order chi connectivity index (χ0) is 52.4. The first-order chi connectivity index (χ1) is 32.9. The van der Waals surface area contributed by atoms with Crippen molar-refractivity contribution in [3.05, 3.63) is 29.8 Å². The Morgan fingerprint density at radius 1 is 0.814 bits per heavy atom. The number of aromatic hydroxyl groups is 1. The van der Waals surface area contributed by atoms with E-state index >= 15 is 0 Å². The zero-order valence-electron chi connectivity index (χ0n) is 39.7. The second kappa shape index (κ2) is 27.5. The smallest absolute Gasteiger partial charge is 0.245 e. The molecule has 0 spiro atoms. The first-order valence-electron chi connectivity index (χ1n) is 22.9. The van der Waals surface area contributed by atoms with Crippen molar-refractivity contribution in [3.63, 3.8) is 0 Å². The molecule has 2 heterocycles. The van der Waals surface area contributed by atoms with Crippen molar-refractivity contribution in [2.24, 2.45) is 29.0 Å². The first-order valence-corrected chi connectivity index (χ1v) is 24.4. The van der Waals surface area contributed by atoms with Crippen molar-refractivity contribution in [3.8, 4) is 5.75 Å². The molecule has 0 radical (unpaired) electrons. The van der Waals surface area contributed by atoms with Crippen LogP contribution < -0.4 is 54.4 Å². The molecule has 3 rings (SSSR count). The van der Waals surface area contributed by atoms with Crippen molar-refractivity contribution in [1.29, 1.82) is 0 Å². The Balaban J connectivity index is 2.08. The van der Waals surface area contributed by atoms with Gasteiger partial charge in [-0.15, -0.1) is 0 Å². The fourth-order valence-corrected chi connectivity index (χ4v) is 8.78. The molecule has 10 atom stereocenters. The Kier molecular flexibility index (Phi) is 22.6. The summed E-state index contributed by atoms with van der Waals surface area (Å²) in [5.41, 5.74) is 16.5. The number of aliphatic hydroxyl groups excluding tert-OH is 1. The number of rotatable bonds is 17. The van der Waals surface area contributed by atoms with Crippen LogP contribution in [-0.2, 0) is 70.0 Å². The highest BCUT2D eigenvalue weighted by Gasteiger charge is 2.43. The van der Waals surface area contributed by atoms with E-state index in [-0.39, 0.29) is 42.4 Å². The van der Waals surface area contributed by atoms with Gasteiger partial charge in [-0.3, -0.25) is 56.9 Å². The van der Waals surface area contributed by atoms with Crippen molar-refractivity contribution in [2.75, 3.05) is 24.6 Å². The van der Waals surface area contributed by atoms with Gasteiger partial charge in [0.05, 0.1) is 19.1 Å². The highest BCUT2D eigenvalue weighted by Crippen LogP contribution is 2.22. The van der Waals surface area contributed by atoms with Gasteiger partial charge in [-0.1, -0.05) is 46.2 Å². The van der Waals surface area contributed by atoms with Crippen LogP contribution in [0.3, 0.4) is 0 Å². The van der Waals surface area contributed by atoms with Gasteiger partial charge in [-0.25, -0.2) is 0 Å². The van der Waals surface area contributed by atoms with Crippen LogP contribution in [0.1, 0.15) is 84.6 Å². The van der Waals surface area contributed by atoms with E-state index in [1.807, 2.05) is 0 Å². The van der Waals surface area contributed by atoms with Gasteiger partial charge in [-0.05, 0) is 48.8 Å². The topological polar surface area (TPSA) is 411 Å². The number of amides is 11. The van der Waals surface area contributed by atoms with Crippen LogP contribution in [0.5, 0.6) is 5.75 Å². The van der Waals surface area contributed by atoms with Crippen LogP contribution in [0.15, 0.2) is 24.3 Å². The van der Waals surface area contributed by atoms with Crippen LogP contribution >= 0.6 is 0 Å². The third-order valence-corrected chi connectivity index (χ3v) is 13.0. The molecule has 2 fully saturated rings. The molecule has 2 aliphatic rings. The van der Waals surface area contributed by atoms with Gasteiger partial charge in [0.15, 0.2) is 0 Å². The van der Waals surface area contributed by atoms with E-state index in [1.54, 1.807) is 27.7 Å². The number of carbonyl (C=O) groups excluding carboxylic acids is 11. The summed E-state index contributed by atoms with van der Waals surface area (Å²) in [5.74, 6) is -11.7. The molecule has 2 saturated heterocycles. The number of aliphatic hydroxyl groups is 1. The van der Waals surface area contributed by atoms with E-state index in [2.05, 4.69) is 37.2 Å². The Hall–Kier alpha value is -6.70. The number of β-amino-alcohol motifs (C(OH)–C–C–N with tert-alkyl or cyclic N) is 1. The maximum Gasteiger partial charge on any atom is 0.245 e. The molecule has 1 unspecified atom stereocenters.